The van der Waals surface area contributed by atoms with Gasteiger partial charge in [-0.2, -0.15) is 0 Å². The molecule has 0 heterocycles. The number of hydrogen-bond donors (Lipinski definition) is 1. The van der Waals surface area contributed by atoms with E-state index < -0.39 is 28.5 Å². The fourth-order valence-corrected chi connectivity index (χ4v) is 6.42. The molecular formula is C30H35Cl2N3O4S. The summed E-state index contributed by atoms with van der Waals surface area (Å²) in [7, 11) is -4.14. The number of nitrogens with one attached hydrogen (secondary N) is 1. The zero-order valence-corrected chi connectivity index (χ0v) is 25.5. The molecule has 40 heavy (non-hydrogen) atoms. The van der Waals surface area contributed by atoms with Gasteiger partial charge in [-0.1, -0.05) is 67.4 Å². The maximum Gasteiger partial charge on any atom is 0.264 e. The Kier molecular flexibility index (Phi) is 11.0. The third-order valence-corrected chi connectivity index (χ3v) is 8.93. The highest BCUT2D eigenvalue weighted by Gasteiger charge is 2.34. The van der Waals surface area contributed by atoms with Crippen molar-refractivity contribution in [3.05, 3.63) is 93.5 Å². The van der Waals surface area contributed by atoms with Gasteiger partial charge in [0.05, 0.1) is 10.6 Å². The van der Waals surface area contributed by atoms with Crippen LogP contribution in [0.25, 0.3) is 0 Å². The molecule has 1 N–H and O–H groups in total. The minimum absolute atomic E-state index is 0.0513. The summed E-state index contributed by atoms with van der Waals surface area (Å²) in [6, 6.07) is 17.5. The van der Waals surface area contributed by atoms with Crippen molar-refractivity contribution >= 4 is 50.7 Å². The Labute approximate surface area is 247 Å². The van der Waals surface area contributed by atoms with Gasteiger partial charge in [0, 0.05) is 28.7 Å². The van der Waals surface area contributed by atoms with Gasteiger partial charge < -0.3 is 10.2 Å². The predicted octanol–water partition coefficient (Wildman–Crippen LogP) is 6.14. The van der Waals surface area contributed by atoms with Gasteiger partial charge in [0.2, 0.25) is 11.8 Å². The Morgan fingerprint density at radius 2 is 1.50 bits per heavy atom. The topological polar surface area (TPSA) is 86.8 Å². The van der Waals surface area contributed by atoms with Crippen molar-refractivity contribution in [3.8, 4) is 0 Å². The van der Waals surface area contributed by atoms with Crippen LogP contribution in [0.1, 0.15) is 43.4 Å². The summed E-state index contributed by atoms with van der Waals surface area (Å²) in [5, 5.41) is 3.55. The van der Waals surface area contributed by atoms with Gasteiger partial charge in [-0.25, -0.2) is 8.42 Å². The van der Waals surface area contributed by atoms with Gasteiger partial charge in [0.25, 0.3) is 10.0 Å². The maximum absolute atomic E-state index is 14.1. The summed E-state index contributed by atoms with van der Waals surface area (Å²) in [6.45, 7) is 7.31. The van der Waals surface area contributed by atoms with Crippen LogP contribution in [0.15, 0.2) is 71.6 Å². The lowest BCUT2D eigenvalue weighted by Crippen LogP contribution is -2.52. The third kappa shape index (κ3) is 7.56. The fourth-order valence-electron chi connectivity index (χ4n) is 4.48. The fraction of sp³-hybridized carbons (Fsp3) is 0.333. The van der Waals surface area contributed by atoms with Crippen LogP contribution in [0.3, 0.4) is 0 Å². The van der Waals surface area contributed by atoms with Gasteiger partial charge in [0.15, 0.2) is 0 Å². The molecule has 214 valence electrons. The van der Waals surface area contributed by atoms with E-state index in [0.717, 1.165) is 21.9 Å². The van der Waals surface area contributed by atoms with Gasteiger partial charge in [-0.05, 0) is 74.2 Å². The van der Waals surface area contributed by atoms with E-state index in [0.29, 0.717) is 34.3 Å². The molecule has 3 aromatic rings. The quantitative estimate of drug-likeness (QED) is 0.269. The molecule has 3 rings (SSSR count). The molecule has 3 aromatic carbocycles. The molecular weight excluding hydrogens is 569 g/mol. The van der Waals surface area contributed by atoms with E-state index in [-0.39, 0.29) is 17.3 Å². The first-order chi connectivity index (χ1) is 19.0. The smallest absolute Gasteiger partial charge is 0.264 e. The van der Waals surface area contributed by atoms with Gasteiger partial charge in [0.1, 0.15) is 12.6 Å². The van der Waals surface area contributed by atoms with Gasteiger partial charge >= 0.3 is 0 Å². The van der Waals surface area contributed by atoms with Crippen LogP contribution < -0.4 is 9.62 Å². The number of amides is 2. The second kappa shape index (κ2) is 14.0. The molecule has 0 fully saturated rings. The van der Waals surface area contributed by atoms with E-state index in [4.69, 9.17) is 23.2 Å². The number of carbonyl (C=O) groups is 2. The van der Waals surface area contributed by atoms with Crippen molar-refractivity contribution < 1.29 is 18.0 Å². The number of benzene rings is 3. The number of nitrogens with zero attached hydrogens (tertiary/aromatic N) is 2. The number of rotatable bonds is 12. The summed E-state index contributed by atoms with van der Waals surface area (Å²) in [4.78, 5) is 28.8. The lowest BCUT2D eigenvalue weighted by atomic mass is 10.1. The first-order valence-electron chi connectivity index (χ1n) is 13.2. The number of anilines is 1. The largest absolute Gasteiger partial charge is 0.354 e. The van der Waals surface area contributed by atoms with E-state index in [2.05, 4.69) is 5.32 Å². The molecule has 0 saturated heterocycles. The summed E-state index contributed by atoms with van der Waals surface area (Å²) >= 11 is 12.9. The van der Waals surface area contributed by atoms with Crippen molar-refractivity contribution in [1.82, 2.24) is 10.2 Å². The Hall–Kier alpha value is -3.07. The van der Waals surface area contributed by atoms with E-state index in [1.807, 2.05) is 26.8 Å². The summed E-state index contributed by atoms with van der Waals surface area (Å²) in [5.41, 5.74) is 2.53. The Bertz CT molecular complexity index is 1410. The molecule has 1 unspecified atom stereocenters. The minimum atomic E-state index is -4.14. The second-order valence-corrected chi connectivity index (χ2v) is 12.3. The zero-order chi connectivity index (χ0) is 29.4. The number of hydrogen-bond acceptors (Lipinski definition) is 4. The lowest BCUT2D eigenvalue weighted by molar-refractivity contribution is -0.140. The van der Waals surface area contributed by atoms with E-state index in [1.54, 1.807) is 55.5 Å². The van der Waals surface area contributed by atoms with Gasteiger partial charge in [-0.15, -0.1) is 0 Å². The zero-order valence-electron chi connectivity index (χ0n) is 23.2. The Balaban J connectivity index is 2.11. The van der Waals surface area contributed by atoms with Crippen LogP contribution in [0.5, 0.6) is 0 Å². The van der Waals surface area contributed by atoms with Crippen LogP contribution in [0.2, 0.25) is 10.0 Å². The van der Waals surface area contributed by atoms with E-state index in [9.17, 15) is 18.0 Å². The average molecular weight is 605 g/mol. The summed E-state index contributed by atoms with van der Waals surface area (Å²) in [5.74, 6) is -0.891. The number of halogens is 2. The molecule has 0 aliphatic heterocycles. The van der Waals surface area contributed by atoms with Crippen LogP contribution in [-0.4, -0.2) is 44.3 Å². The molecule has 0 bridgehead atoms. The van der Waals surface area contributed by atoms with Crippen molar-refractivity contribution in [1.29, 1.82) is 0 Å². The predicted molar refractivity (Wildman–Crippen MR) is 161 cm³/mol. The lowest BCUT2D eigenvalue weighted by Gasteiger charge is -2.33. The van der Waals surface area contributed by atoms with Gasteiger partial charge in [-0.3, -0.25) is 13.9 Å². The molecule has 0 spiro atoms. The van der Waals surface area contributed by atoms with Crippen molar-refractivity contribution in [3.63, 3.8) is 0 Å². The number of aryl methyl sites for hydroxylation is 2. The van der Waals surface area contributed by atoms with Crippen LogP contribution >= 0.6 is 23.2 Å². The molecule has 1 atom stereocenters. The summed E-state index contributed by atoms with van der Waals surface area (Å²) in [6.07, 6.45) is 1.03. The van der Waals surface area contributed by atoms with E-state index >= 15 is 0 Å². The van der Waals surface area contributed by atoms with Crippen LogP contribution in [0.4, 0.5) is 5.69 Å². The first kappa shape index (κ1) is 31.5. The Morgan fingerprint density at radius 3 is 2.05 bits per heavy atom. The second-order valence-electron chi connectivity index (χ2n) is 9.61. The van der Waals surface area contributed by atoms with Crippen LogP contribution in [0, 0.1) is 13.8 Å². The molecule has 0 aliphatic carbocycles. The van der Waals surface area contributed by atoms with Crippen LogP contribution in [-0.2, 0) is 26.2 Å². The molecule has 0 saturated carbocycles. The monoisotopic (exact) mass is 603 g/mol. The number of sulfonamides is 1. The molecule has 0 radical (unpaired) electrons. The number of carbonyl (C=O) groups excluding carboxylic acids is 2. The van der Waals surface area contributed by atoms with Crippen molar-refractivity contribution in [2.24, 2.45) is 0 Å². The molecule has 0 aromatic heterocycles. The highest BCUT2D eigenvalue weighted by Crippen LogP contribution is 2.29. The molecule has 2 amide bonds. The third-order valence-electron chi connectivity index (χ3n) is 6.43. The minimum Gasteiger partial charge on any atom is -0.354 e. The normalized spacial score (nSPS) is 12.1. The average Bonchev–Trinajstić information content (AvgIpc) is 2.91. The van der Waals surface area contributed by atoms with E-state index in [1.165, 1.54) is 17.0 Å². The van der Waals surface area contributed by atoms with Crippen molar-refractivity contribution in [2.45, 2.75) is 58.0 Å². The molecule has 0 aliphatic rings. The SMILES string of the molecule is CCCNC(=O)C(CC)N(Cc1c(Cl)cccc1Cl)C(=O)CN(c1cc(C)cc(C)c1)S(=O)(=O)c1ccccc1. The summed E-state index contributed by atoms with van der Waals surface area (Å²) < 4.78 is 29.0. The molecule has 7 nitrogen and oxygen atoms in total. The standard InChI is InChI=1S/C30H35Cl2N3O4S/c1-5-15-33-30(37)28(6-2)34(19-25-26(31)13-10-14-27(25)32)29(36)20-35(23-17-21(3)16-22(4)18-23)40(38,39)24-11-8-7-9-12-24/h7-14,16-18,28H,5-6,15,19-20H2,1-4H3,(H,33,37). The highest BCUT2D eigenvalue weighted by molar-refractivity contribution is 7.92. The van der Waals surface area contributed by atoms with Crippen molar-refractivity contribution in [2.75, 3.05) is 17.4 Å². The first-order valence-corrected chi connectivity index (χ1v) is 15.3. The maximum atomic E-state index is 14.1. The molecule has 10 heteroatoms. The highest BCUT2D eigenvalue weighted by atomic mass is 35.5. The Morgan fingerprint density at radius 1 is 0.900 bits per heavy atom.